The van der Waals surface area contributed by atoms with Gasteiger partial charge in [-0.2, -0.15) is 11.8 Å². The van der Waals surface area contributed by atoms with Crippen molar-refractivity contribution in [3.05, 3.63) is 35.4 Å². The molecule has 5 nitrogen and oxygen atoms in total. The first-order chi connectivity index (χ1) is 13.1. The average Bonchev–Trinajstić information content (AvgIpc) is 2.64. The van der Waals surface area contributed by atoms with E-state index < -0.39 is 0 Å². The monoisotopic (exact) mass is 392 g/mol. The molecule has 1 aliphatic rings. The van der Waals surface area contributed by atoms with Crippen molar-refractivity contribution in [2.75, 3.05) is 38.7 Å². The highest BCUT2D eigenvalue weighted by Crippen LogP contribution is 2.14. The minimum absolute atomic E-state index is 0.317. The Balaban J connectivity index is 1.73. The van der Waals surface area contributed by atoms with Gasteiger partial charge < -0.3 is 15.4 Å². The Morgan fingerprint density at radius 3 is 2.41 bits per heavy atom. The zero-order valence-electron chi connectivity index (χ0n) is 17.3. The number of morpholine rings is 1. The molecule has 0 bridgehead atoms. The second kappa shape index (κ2) is 12.3. The molecule has 27 heavy (non-hydrogen) atoms. The normalized spacial score (nSPS) is 21.3. The van der Waals surface area contributed by atoms with Crippen LogP contribution in [0.5, 0.6) is 0 Å². The average molecular weight is 393 g/mol. The molecular weight excluding hydrogens is 356 g/mol. The number of rotatable bonds is 9. The number of ether oxygens (including phenoxy) is 1. The van der Waals surface area contributed by atoms with Crippen LogP contribution in [0.25, 0.3) is 0 Å². The summed E-state index contributed by atoms with van der Waals surface area (Å²) in [5.41, 5.74) is 2.63. The largest absolute Gasteiger partial charge is 0.373 e. The molecule has 0 spiro atoms. The first kappa shape index (κ1) is 22.1. The van der Waals surface area contributed by atoms with E-state index in [1.165, 1.54) is 29.7 Å². The molecule has 6 heteroatoms. The predicted octanol–water partition coefficient (Wildman–Crippen LogP) is 3.10. The smallest absolute Gasteiger partial charge is 0.191 e. The fourth-order valence-corrected chi connectivity index (χ4v) is 3.91. The van der Waals surface area contributed by atoms with Gasteiger partial charge in [-0.25, -0.2) is 0 Å². The molecule has 0 aromatic heterocycles. The zero-order valence-corrected chi connectivity index (χ0v) is 18.1. The highest BCUT2D eigenvalue weighted by molar-refractivity contribution is 7.98. The van der Waals surface area contributed by atoms with Crippen LogP contribution in [-0.2, 0) is 17.8 Å². The van der Waals surface area contributed by atoms with Crippen molar-refractivity contribution < 1.29 is 4.74 Å². The molecule has 152 valence electrons. The maximum Gasteiger partial charge on any atom is 0.191 e. The van der Waals surface area contributed by atoms with Crippen LogP contribution in [0.15, 0.2) is 29.3 Å². The number of guanidine groups is 1. The van der Waals surface area contributed by atoms with Gasteiger partial charge in [0.2, 0.25) is 0 Å². The molecule has 2 unspecified atom stereocenters. The Morgan fingerprint density at radius 1 is 1.11 bits per heavy atom. The molecule has 0 aliphatic carbocycles. The summed E-state index contributed by atoms with van der Waals surface area (Å²) in [6.45, 7) is 9.07. The van der Waals surface area contributed by atoms with Crippen LogP contribution in [0.3, 0.4) is 0 Å². The number of unbranched alkanes of at least 4 members (excludes halogenated alkanes) is 1. The lowest BCUT2D eigenvalue weighted by Gasteiger charge is -2.35. The highest BCUT2D eigenvalue weighted by Gasteiger charge is 2.21. The molecule has 1 aromatic carbocycles. The molecular formula is C21H36N4OS. The summed E-state index contributed by atoms with van der Waals surface area (Å²) in [7, 11) is 1.82. The highest BCUT2D eigenvalue weighted by atomic mass is 32.2. The van der Waals surface area contributed by atoms with Crippen molar-refractivity contribution in [2.45, 2.75) is 52.0 Å². The minimum Gasteiger partial charge on any atom is -0.373 e. The first-order valence-electron chi connectivity index (χ1n) is 9.99. The van der Waals surface area contributed by atoms with E-state index in [4.69, 9.17) is 4.74 Å². The van der Waals surface area contributed by atoms with Crippen molar-refractivity contribution in [2.24, 2.45) is 4.99 Å². The standard InChI is InChI=1S/C21H36N4OS/c1-17-14-25(15-18(2)26-17)16-20-9-7-19(8-10-20)13-24-21(22-3)23-11-5-6-12-27-4/h7-10,17-18H,5-6,11-16H2,1-4H3,(H2,22,23,24). The van der Waals surface area contributed by atoms with Gasteiger partial charge in [-0.3, -0.25) is 9.89 Å². The third-order valence-electron chi connectivity index (χ3n) is 4.68. The van der Waals surface area contributed by atoms with Crippen molar-refractivity contribution in [3.63, 3.8) is 0 Å². The third-order valence-corrected chi connectivity index (χ3v) is 5.37. The number of hydrogen-bond acceptors (Lipinski definition) is 4. The minimum atomic E-state index is 0.317. The molecule has 2 rings (SSSR count). The van der Waals surface area contributed by atoms with Crippen molar-refractivity contribution in [1.29, 1.82) is 0 Å². The maximum absolute atomic E-state index is 5.82. The van der Waals surface area contributed by atoms with E-state index in [9.17, 15) is 0 Å². The van der Waals surface area contributed by atoms with Gasteiger partial charge in [0, 0.05) is 39.8 Å². The Bertz CT molecular complexity index is 554. The summed E-state index contributed by atoms with van der Waals surface area (Å²) in [5, 5.41) is 6.78. The molecule has 2 atom stereocenters. The van der Waals surface area contributed by atoms with Gasteiger partial charge in [0.25, 0.3) is 0 Å². The van der Waals surface area contributed by atoms with Crippen LogP contribution in [0.2, 0.25) is 0 Å². The van der Waals surface area contributed by atoms with Crippen molar-refractivity contribution in [3.8, 4) is 0 Å². The lowest BCUT2D eigenvalue weighted by Crippen LogP contribution is -2.44. The van der Waals surface area contributed by atoms with Gasteiger partial charge in [-0.15, -0.1) is 0 Å². The van der Waals surface area contributed by atoms with Crippen LogP contribution in [-0.4, -0.2) is 61.8 Å². The second-order valence-electron chi connectivity index (χ2n) is 7.32. The van der Waals surface area contributed by atoms with Crippen LogP contribution in [0.4, 0.5) is 0 Å². The maximum atomic E-state index is 5.82. The van der Waals surface area contributed by atoms with Gasteiger partial charge in [-0.1, -0.05) is 24.3 Å². The quantitative estimate of drug-likeness (QED) is 0.384. The van der Waals surface area contributed by atoms with E-state index >= 15 is 0 Å². The van der Waals surface area contributed by atoms with Crippen LogP contribution in [0.1, 0.15) is 37.8 Å². The van der Waals surface area contributed by atoms with Gasteiger partial charge in [0.05, 0.1) is 12.2 Å². The number of benzene rings is 1. The van der Waals surface area contributed by atoms with E-state index in [-0.39, 0.29) is 0 Å². The van der Waals surface area contributed by atoms with Crippen LogP contribution < -0.4 is 10.6 Å². The zero-order chi connectivity index (χ0) is 19.5. The number of nitrogens with zero attached hydrogens (tertiary/aromatic N) is 2. The van der Waals surface area contributed by atoms with Crippen LogP contribution in [0, 0.1) is 0 Å². The first-order valence-corrected chi connectivity index (χ1v) is 11.4. The molecule has 2 N–H and O–H groups in total. The Labute approximate surface area is 169 Å². The number of nitrogens with one attached hydrogen (secondary N) is 2. The number of thioether (sulfide) groups is 1. The molecule has 1 aromatic rings. The third kappa shape index (κ3) is 8.54. The summed E-state index contributed by atoms with van der Waals surface area (Å²) in [4.78, 5) is 6.78. The van der Waals surface area contributed by atoms with Gasteiger partial charge >= 0.3 is 0 Å². The summed E-state index contributed by atoms with van der Waals surface area (Å²) in [5.74, 6) is 2.10. The lowest BCUT2D eigenvalue weighted by atomic mass is 10.1. The molecule has 0 radical (unpaired) electrons. The van der Waals surface area contributed by atoms with E-state index in [1.54, 1.807) is 0 Å². The fourth-order valence-electron chi connectivity index (χ4n) is 3.42. The Kier molecular flexibility index (Phi) is 10.0. The number of aliphatic imine (C=N–C) groups is 1. The Hall–Kier alpha value is -1.24. The SMILES string of the molecule is CN=C(NCCCCSC)NCc1ccc(CN2CC(C)OC(C)C2)cc1. The molecule has 0 amide bonds. The second-order valence-corrected chi connectivity index (χ2v) is 8.31. The van der Waals surface area contributed by atoms with Crippen molar-refractivity contribution in [1.82, 2.24) is 15.5 Å². The van der Waals surface area contributed by atoms with E-state index in [0.717, 1.165) is 38.7 Å². The lowest BCUT2D eigenvalue weighted by molar-refractivity contribution is -0.0704. The number of hydrogen-bond donors (Lipinski definition) is 2. The summed E-state index contributed by atoms with van der Waals surface area (Å²) >= 11 is 1.90. The fraction of sp³-hybridized carbons (Fsp3) is 0.667. The topological polar surface area (TPSA) is 48.9 Å². The van der Waals surface area contributed by atoms with Gasteiger partial charge in [0.15, 0.2) is 5.96 Å². The molecule has 1 heterocycles. The predicted molar refractivity (Wildman–Crippen MR) is 118 cm³/mol. The van der Waals surface area contributed by atoms with Crippen LogP contribution >= 0.6 is 11.8 Å². The summed E-state index contributed by atoms with van der Waals surface area (Å²) in [6.07, 6.45) is 5.21. The van der Waals surface area contributed by atoms with Crippen molar-refractivity contribution >= 4 is 17.7 Å². The Morgan fingerprint density at radius 2 is 1.78 bits per heavy atom. The molecule has 1 fully saturated rings. The molecule has 1 aliphatic heterocycles. The molecule has 1 saturated heterocycles. The molecule has 0 saturated carbocycles. The van der Waals surface area contributed by atoms with E-state index in [0.29, 0.717) is 12.2 Å². The van der Waals surface area contributed by atoms with Gasteiger partial charge in [-0.05, 0) is 49.8 Å². The van der Waals surface area contributed by atoms with E-state index in [2.05, 4.69) is 64.9 Å². The van der Waals surface area contributed by atoms with E-state index in [1.807, 2.05) is 18.8 Å². The summed E-state index contributed by atoms with van der Waals surface area (Å²) < 4.78 is 5.82. The summed E-state index contributed by atoms with van der Waals surface area (Å²) in [6, 6.07) is 8.89. The van der Waals surface area contributed by atoms with Gasteiger partial charge in [0.1, 0.15) is 0 Å².